The van der Waals surface area contributed by atoms with Crippen LogP contribution in [0.1, 0.15) is 41.7 Å². The van der Waals surface area contributed by atoms with Crippen LogP contribution in [0.25, 0.3) is 44.4 Å². The Bertz CT molecular complexity index is 2360. The molecule has 1 heterocycles. The molecule has 0 aliphatic heterocycles. The zero-order valence-corrected chi connectivity index (χ0v) is 26.2. The summed E-state index contributed by atoms with van der Waals surface area (Å²) in [6.45, 7) is 4.64. The Morgan fingerprint density at radius 3 is 2.35 bits per heavy atom. The van der Waals surface area contributed by atoms with Gasteiger partial charge in [-0.3, -0.25) is 0 Å². The van der Waals surface area contributed by atoms with Crippen molar-refractivity contribution in [2.24, 2.45) is 11.8 Å². The quantitative estimate of drug-likeness (QED) is 0.202. The zero-order valence-electron chi connectivity index (χ0n) is 26.2. The molecule has 0 saturated heterocycles. The van der Waals surface area contributed by atoms with Gasteiger partial charge in [0.1, 0.15) is 11.2 Å². The first-order chi connectivity index (χ1) is 22.6. The predicted octanol–water partition coefficient (Wildman–Crippen LogP) is 12.0. The second-order valence-corrected chi connectivity index (χ2v) is 13.1. The molecule has 222 valence electrons. The summed E-state index contributed by atoms with van der Waals surface area (Å²) in [5, 5.41) is 4.79. The minimum absolute atomic E-state index is 0.448. The van der Waals surface area contributed by atoms with Crippen LogP contribution in [0, 0.1) is 11.8 Å². The number of benzene rings is 6. The van der Waals surface area contributed by atoms with Gasteiger partial charge in [0.15, 0.2) is 0 Å². The zero-order chi connectivity index (χ0) is 30.8. The lowest BCUT2D eigenvalue weighted by atomic mass is 9.78. The highest BCUT2D eigenvalue weighted by Gasteiger charge is 2.28. The van der Waals surface area contributed by atoms with Gasteiger partial charge in [0.25, 0.3) is 0 Å². The molecule has 0 fully saturated rings. The summed E-state index contributed by atoms with van der Waals surface area (Å²) < 4.78 is 6.88. The molecule has 46 heavy (non-hydrogen) atoms. The van der Waals surface area contributed by atoms with Crippen LogP contribution in [0.2, 0.25) is 0 Å². The van der Waals surface area contributed by atoms with Crippen LogP contribution in [0.15, 0.2) is 138 Å². The number of rotatable bonds is 4. The molecule has 7 aromatic rings. The normalized spacial score (nSPS) is 17.2. The Hall–Kier alpha value is -5.34. The molecule has 0 saturated carbocycles. The van der Waals surface area contributed by atoms with Crippen LogP contribution >= 0.6 is 0 Å². The van der Waals surface area contributed by atoms with Crippen LogP contribution in [-0.2, 0) is 12.8 Å². The van der Waals surface area contributed by atoms with E-state index in [1.807, 2.05) is 0 Å². The van der Waals surface area contributed by atoms with Crippen molar-refractivity contribution in [3.63, 3.8) is 0 Å². The fourth-order valence-electron chi connectivity index (χ4n) is 7.77. The van der Waals surface area contributed by atoms with Gasteiger partial charge in [0.05, 0.1) is 11.1 Å². The Morgan fingerprint density at radius 2 is 1.46 bits per heavy atom. The number of hydrogen-bond donors (Lipinski definition) is 0. The number of furan rings is 1. The lowest BCUT2D eigenvalue weighted by Gasteiger charge is -2.27. The Balaban J connectivity index is 1.35. The molecule has 2 nitrogen and oxygen atoms in total. The summed E-state index contributed by atoms with van der Waals surface area (Å²) in [6, 6.07) is 44.0. The first-order valence-electron chi connectivity index (χ1n) is 16.5. The van der Waals surface area contributed by atoms with E-state index in [2.05, 4.69) is 158 Å². The van der Waals surface area contributed by atoms with Crippen molar-refractivity contribution in [2.75, 3.05) is 4.90 Å². The van der Waals surface area contributed by atoms with Gasteiger partial charge >= 0.3 is 0 Å². The average Bonchev–Trinajstić information content (AvgIpc) is 3.48. The molecule has 2 atom stereocenters. The van der Waals surface area contributed by atoms with Crippen LogP contribution in [-0.4, -0.2) is 0 Å². The maximum absolute atomic E-state index is 6.88. The Morgan fingerprint density at radius 1 is 0.652 bits per heavy atom. The van der Waals surface area contributed by atoms with Gasteiger partial charge < -0.3 is 9.32 Å². The summed E-state index contributed by atoms with van der Waals surface area (Å²) in [4.78, 5) is 2.39. The summed E-state index contributed by atoms with van der Waals surface area (Å²) in [7, 11) is 0. The molecule has 0 bridgehead atoms. The molecule has 0 N–H and O–H groups in total. The number of para-hydroxylation sites is 1. The Labute approximate surface area is 269 Å². The largest absolute Gasteiger partial charge is 0.456 e. The Kier molecular flexibility index (Phi) is 6.24. The fraction of sp³-hybridized carbons (Fsp3) is 0.136. The summed E-state index contributed by atoms with van der Waals surface area (Å²) in [5.41, 5.74) is 13.3. The topological polar surface area (TPSA) is 16.4 Å². The van der Waals surface area contributed by atoms with E-state index in [9.17, 15) is 0 Å². The molecular weight excluding hydrogens is 558 g/mol. The van der Waals surface area contributed by atoms with Crippen LogP contribution in [0.4, 0.5) is 17.1 Å². The number of fused-ring (bicyclic) bond motifs is 7. The van der Waals surface area contributed by atoms with Gasteiger partial charge in [-0.25, -0.2) is 0 Å². The monoisotopic (exact) mass is 593 g/mol. The van der Waals surface area contributed by atoms with E-state index in [0.29, 0.717) is 11.8 Å². The van der Waals surface area contributed by atoms with Crippen molar-refractivity contribution in [2.45, 2.75) is 26.7 Å². The molecular formula is C44H35NO. The van der Waals surface area contributed by atoms with E-state index >= 15 is 0 Å². The smallest absolute Gasteiger partial charge is 0.139 e. The minimum Gasteiger partial charge on any atom is -0.456 e. The number of anilines is 3. The van der Waals surface area contributed by atoms with E-state index < -0.39 is 0 Å². The fourth-order valence-corrected chi connectivity index (χ4v) is 7.77. The third-order valence-corrected chi connectivity index (χ3v) is 9.86. The van der Waals surface area contributed by atoms with Crippen molar-refractivity contribution in [1.29, 1.82) is 0 Å². The highest BCUT2D eigenvalue weighted by atomic mass is 16.3. The van der Waals surface area contributed by atoms with Crippen molar-refractivity contribution in [3.8, 4) is 0 Å². The number of hydrogen-bond acceptors (Lipinski definition) is 2. The average molecular weight is 594 g/mol. The second kappa shape index (κ2) is 10.6. The number of nitrogens with zero attached hydrogens (tertiary/aromatic N) is 1. The standard InChI is InChI=1S/C44H35NO/c1-28-19-22-36-38(37-25-29(2)23-32-13-8-9-16-35(32)37)27-40-43-41(17-10-18-42(43)46-44(40)39(36)24-28)45(33-14-4-3-5-15-33)34-21-20-30-11-6-7-12-31(30)26-34/h3-22,25-29H,23-24H2,1-2H3/t28?,29-/m0/s1. The second-order valence-electron chi connectivity index (χ2n) is 13.1. The first kappa shape index (κ1) is 27.0. The van der Waals surface area contributed by atoms with Gasteiger partial charge in [-0.05, 0) is 106 Å². The number of allylic oxidation sites excluding steroid dienone is 2. The molecule has 0 radical (unpaired) electrons. The van der Waals surface area contributed by atoms with Gasteiger partial charge in [0.2, 0.25) is 0 Å². The molecule has 2 heteroatoms. The SMILES string of the molecule is CC1C=Cc2c(C3=C[C@@H](C)Cc4ccccc43)cc3c(oc4cccc(N(c5ccccc5)c5ccc6ccccc6c5)c43)c2C1. The minimum atomic E-state index is 0.448. The maximum Gasteiger partial charge on any atom is 0.139 e. The lowest BCUT2D eigenvalue weighted by molar-refractivity contribution is 0.647. The van der Waals surface area contributed by atoms with Crippen molar-refractivity contribution >= 4 is 61.4 Å². The van der Waals surface area contributed by atoms with Gasteiger partial charge in [-0.2, -0.15) is 0 Å². The van der Waals surface area contributed by atoms with Gasteiger partial charge in [-0.15, -0.1) is 0 Å². The third kappa shape index (κ3) is 4.32. The first-order valence-corrected chi connectivity index (χ1v) is 16.5. The predicted molar refractivity (Wildman–Crippen MR) is 194 cm³/mol. The molecule has 9 rings (SSSR count). The summed E-state index contributed by atoms with van der Waals surface area (Å²) in [6.07, 6.45) is 9.24. The van der Waals surface area contributed by atoms with E-state index in [1.54, 1.807) is 0 Å². The van der Waals surface area contributed by atoms with E-state index in [0.717, 1.165) is 46.5 Å². The van der Waals surface area contributed by atoms with Gasteiger partial charge in [0, 0.05) is 22.3 Å². The van der Waals surface area contributed by atoms with Crippen LogP contribution in [0.5, 0.6) is 0 Å². The molecule has 1 unspecified atom stereocenters. The van der Waals surface area contributed by atoms with Gasteiger partial charge in [-0.1, -0.05) is 111 Å². The molecule has 6 aromatic carbocycles. The summed E-state index contributed by atoms with van der Waals surface area (Å²) in [5.74, 6) is 0.921. The van der Waals surface area contributed by atoms with Crippen LogP contribution in [0.3, 0.4) is 0 Å². The van der Waals surface area contributed by atoms with Crippen LogP contribution < -0.4 is 4.90 Å². The molecule has 2 aliphatic rings. The highest BCUT2D eigenvalue weighted by Crippen LogP contribution is 2.48. The van der Waals surface area contributed by atoms with Crippen molar-refractivity contribution in [1.82, 2.24) is 0 Å². The summed E-state index contributed by atoms with van der Waals surface area (Å²) >= 11 is 0. The lowest BCUT2D eigenvalue weighted by Crippen LogP contribution is -2.11. The van der Waals surface area contributed by atoms with E-state index in [-0.39, 0.29) is 0 Å². The third-order valence-electron chi connectivity index (χ3n) is 9.86. The van der Waals surface area contributed by atoms with Crippen molar-refractivity contribution in [3.05, 3.63) is 161 Å². The molecule has 0 spiro atoms. The van der Waals surface area contributed by atoms with E-state index in [1.165, 1.54) is 49.5 Å². The van der Waals surface area contributed by atoms with Crippen molar-refractivity contribution < 1.29 is 4.42 Å². The highest BCUT2D eigenvalue weighted by molar-refractivity contribution is 6.16. The van der Waals surface area contributed by atoms with E-state index in [4.69, 9.17) is 4.42 Å². The molecule has 1 aromatic heterocycles. The molecule has 0 amide bonds. The maximum atomic E-state index is 6.88. The molecule has 2 aliphatic carbocycles.